The number of aliphatic hydroxyl groups is 1. The van der Waals surface area contributed by atoms with E-state index in [1.165, 1.54) is 16.7 Å². The Labute approximate surface area is 180 Å². The Hall–Kier alpha value is -2.19. The molecule has 1 aliphatic rings. The number of nitrogens with one attached hydrogen (secondary N) is 1. The summed E-state index contributed by atoms with van der Waals surface area (Å²) in [6, 6.07) is 13.5. The Bertz CT molecular complexity index is 1070. The molecule has 2 heterocycles. The minimum absolute atomic E-state index is 0.0752. The van der Waals surface area contributed by atoms with E-state index in [4.69, 9.17) is 9.72 Å². The van der Waals surface area contributed by atoms with Crippen LogP contribution in [0.1, 0.15) is 11.1 Å². The van der Waals surface area contributed by atoms with Crippen molar-refractivity contribution in [3.8, 4) is 5.69 Å². The van der Waals surface area contributed by atoms with Crippen molar-refractivity contribution in [1.29, 1.82) is 0 Å². The van der Waals surface area contributed by atoms with E-state index in [0.29, 0.717) is 28.4 Å². The number of aromatic nitrogens is 2. The molecule has 2 aromatic carbocycles. The maximum absolute atomic E-state index is 13.4. The zero-order chi connectivity index (χ0) is 21.1. The van der Waals surface area contributed by atoms with Crippen molar-refractivity contribution in [3.63, 3.8) is 0 Å². The zero-order valence-electron chi connectivity index (χ0n) is 17.4. The molecule has 1 atom stereocenters. The fourth-order valence-corrected chi connectivity index (χ4v) is 4.92. The minimum Gasteiger partial charge on any atom is -0.386 e. The van der Waals surface area contributed by atoms with Gasteiger partial charge in [-0.15, -0.1) is 0 Å². The molecular weight excluding hydrogens is 398 g/mol. The number of para-hydroxylation sites is 2. The summed E-state index contributed by atoms with van der Waals surface area (Å²) >= 11 is 1.44. The van der Waals surface area contributed by atoms with Gasteiger partial charge >= 0.3 is 0 Å². The predicted octanol–water partition coefficient (Wildman–Crippen LogP) is 1.37. The van der Waals surface area contributed by atoms with Gasteiger partial charge in [-0.1, -0.05) is 42.1 Å². The average molecular weight is 427 g/mol. The van der Waals surface area contributed by atoms with Gasteiger partial charge in [0.25, 0.3) is 5.56 Å². The number of morpholine rings is 1. The number of ether oxygens (including phenoxy) is 1. The first kappa shape index (κ1) is 21.1. The maximum Gasteiger partial charge on any atom is 0.266 e. The van der Waals surface area contributed by atoms with Gasteiger partial charge in [0, 0.05) is 5.75 Å². The number of aryl methyl sites for hydroxylation is 2. The molecule has 0 radical (unpaired) electrons. The van der Waals surface area contributed by atoms with E-state index in [1.54, 1.807) is 4.57 Å². The van der Waals surface area contributed by atoms with Crippen LogP contribution in [0.3, 0.4) is 0 Å². The Morgan fingerprint density at radius 2 is 1.83 bits per heavy atom. The van der Waals surface area contributed by atoms with Crippen LogP contribution < -0.4 is 10.5 Å². The van der Waals surface area contributed by atoms with Crippen LogP contribution in [0.5, 0.6) is 0 Å². The Balaban J connectivity index is 1.68. The number of quaternary nitrogens is 1. The fourth-order valence-electron chi connectivity index (χ4n) is 3.99. The van der Waals surface area contributed by atoms with E-state index in [1.807, 2.05) is 56.3 Å². The van der Waals surface area contributed by atoms with Crippen molar-refractivity contribution < 1.29 is 14.7 Å². The quantitative estimate of drug-likeness (QED) is 0.460. The second-order valence-electron chi connectivity index (χ2n) is 7.82. The Morgan fingerprint density at radius 3 is 2.57 bits per heavy atom. The number of rotatable bonds is 6. The third-order valence-corrected chi connectivity index (χ3v) is 6.62. The van der Waals surface area contributed by atoms with Gasteiger partial charge in [0.15, 0.2) is 5.16 Å². The molecule has 3 aromatic rings. The lowest BCUT2D eigenvalue weighted by atomic mass is 10.1. The largest absolute Gasteiger partial charge is 0.386 e. The summed E-state index contributed by atoms with van der Waals surface area (Å²) in [5.74, 6) is 0.486. The molecule has 0 aliphatic carbocycles. The van der Waals surface area contributed by atoms with Crippen LogP contribution in [0.25, 0.3) is 16.6 Å². The Morgan fingerprint density at radius 1 is 1.13 bits per heavy atom. The van der Waals surface area contributed by atoms with Crippen LogP contribution in [0.15, 0.2) is 52.4 Å². The third kappa shape index (κ3) is 4.44. The van der Waals surface area contributed by atoms with Crippen molar-refractivity contribution in [2.45, 2.75) is 25.1 Å². The number of aliphatic hydroxyl groups excluding tert-OH is 1. The molecule has 4 rings (SSSR count). The summed E-state index contributed by atoms with van der Waals surface area (Å²) in [4.78, 5) is 19.6. The first-order valence-corrected chi connectivity index (χ1v) is 11.3. The van der Waals surface area contributed by atoms with Gasteiger partial charge in [-0.25, -0.2) is 4.98 Å². The van der Waals surface area contributed by atoms with Crippen molar-refractivity contribution in [3.05, 3.63) is 63.9 Å². The fraction of sp³-hybridized carbons (Fsp3) is 0.391. The minimum atomic E-state index is -0.474. The normalized spacial score (nSPS) is 16.1. The molecule has 2 N–H and O–H groups in total. The second kappa shape index (κ2) is 9.31. The molecule has 6 nitrogen and oxygen atoms in total. The van der Waals surface area contributed by atoms with E-state index in [-0.39, 0.29) is 5.56 Å². The topological polar surface area (TPSA) is 68.8 Å². The van der Waals surface area contributed by atoms with Gasteiger partial charge in [-0.05, 0) is 37.1 Å². The number of hydrogen-bond acceptors (Lipinski definition) is 5. The lowest BCUT2D eigenvalue weighted by molar-refractivity contribution is -0.910. The molecule has 1 aromatic heterocycles. The van der Waals surface area contributed by atoms with Gasteiger partial charge in [0.05, 0.1) is 29.8 Å². The molecule has 1 saturated heterocycles. The number of fused-ring (bicyclic) bond motifs is 1. The smallest absolute Gasteiger partial charge is 0.266 e. The standard InChI is InChI=1S/C23H27N3O3S/c1-16-6-5-7-17(2)21(16)26-22(28)19-8-3-4-9-20(19)24-23(26)30-15-18(27)14-25-10-12-29-13-11-25/h3-9,18,27H,10-15H2,1-2H3/p+1/t18-/m1/s1. The van der Waals surface area contributed by atoms with Crippen LogP contribution in [-0.4, -0.2) is 59.4 Å². The molecule has 0 spiro atoms. The van der Waals surface area contributed by atoms with Gasteiger partial charge in [0.2, 0.25) is 0 Å². The van der Waals surface area contributed by atoms with Crippen molar-refractivity contribution in [2.24, 2.45) is 0 Å². The third-order valence-electron chi connectivity index (χ3n) is 5.54. The molecule has 158 valence electrons. The van der Waals surface area contributed by atoms with E-state index in [2.05, 4.69) is 0 Å². The van der Waals surface area contributed by atoms with Crippen molar-refractivity contribution in [2.75, 3.05) is 38.6 Å². The lowest BCUT2D eigenvalue weighted by Gasteiger charge is -2.25. The molecule has 30 heavy (non-hydrogen) atoms. The molecule has 0 bridgehead atoms. The second-order valence-corrected chi connectivity index (χ2v) is 8.81. The number of benzene rings is 2. The number of thioether (sulfide) groups is 1. The van der Waals surface area contributed by atoms with E-state index in [0.717, 1.165) is 43.1 Å². The molecule has 0 amide bonds. The van der Waals surface area contributed by atoms with Crippen LogP contribution in [0, 0.1) is 13.8 Å². The summed E-state index contributed by atoms with van der Waals surface area (Å²) < 4.78 is 7.11. The van der Waals surface area contributed by atoms with Crippen molar-refractivity contribution >= 4 is 22.7 Å². The molecule has 0 saturated carbocycles. The predicted molar refractivity (Wildman–Crippen MR) is 120 cm³/mol. The van der Waals surface area contributed by atoms with Crippen LogP contribution in [-0.2, 0) is 4.74 Å². The highest BCUT2D eigenvalue weighted by Gasteiger charge is 2.21. The number of nitrogens with zero attached hydrogens (tertiary/aromatic N) is 2. The van der Waals surface area contributed by atoms with Gasteiger partial charge in [-0.3, -0.25) is 9.36 Å². The first-order valence-electron chi connectivity index (χ1n) is 10.3. The lowest BCUT2D eigenvalue weighted by Crippen LogP contribution is -3.15. The highest BCUT2D eigenvalue weighted by atomic mass is 32.2. The summed E-state index contributed by atoms with van der Waals surface area (Å²) in [5.41, 5.74) is 3.52. The van der Waals surface area contributed by atoms with E-state index < -0.39 is 6.10 Å². The molecular formula is C23H28N3O3S+. The molecule has 7 heteroatoms. The summed E-state index contributed by atoms with van der Waals surface area (Å²) in [5, 5.41) is 11.8. The monoisotopic (exact) mass is 426 g/mol. The summed E-state index contributed by atoms with van der Waals surface area (Å²) in [6.07, 6.45) is -0.474. The highest BCUT2D eigenvalue weighted by molar-refractivity contribution is 7.99. The SMILES string of the molecule is Cc1cccc(C)c1-n1c(SC[C@H](O)C[NH+]2CCOCC2)nc2ccccc2c1=O. The molecule has 1 aliphatic heterocycles. The van der Waals surface area contributed by atoms with Gasteiger partial charge in [0.1, 0.15) is 25.7 Å². The van der Waals surface area contributed by atoms with Crippen molar-refractivity contribution in [1.82, 2.24) is 9.55 Å². The molecule has 1 fully saturated rings. The van der Waals surface area contributed by atoms with E-state index in [9.17, 15) is 9.90 Å². The van der Waals surface area contributed by atoms with Gasteiger partial charge in [-0.2, -0.15) is 0 Å². The Kier molecular flexibility index (Phi) is 6.53. The maximum atomic E-state index is 13.4. The summed E-state index contributed by atoms with van der Waals surface area (Å²) in [6.45, 7) is 8.02. The summed E-state index contributed by atoms with van der Waals surface area (Å²) in [7, 11) is 0. The zero-order valence-corrected chi connectivity index (χ0v) is 18.2. The van der Waals surface area contributed by atoms with Gasteiger partial charge < -0.3 is 14.7 Å². The highest BCUT2D eigenvalue weighted by Crippen LogP contribution is 2.25. The van der Waals surface area contributed by atoms with Crippen LogP contribution in [0.2, 0.25) is 0 Å². The average Bonchev–Trinajstić information content (AvgIpc) is 2.74. The first-order chi connectivity index (χ1) is 14.5. The van der Waals surface area contributed by atoms with Crippen LogP contribution in [0.4, 0.5) is 0 Å². The molecule has 0 unspecified atom stereocenters. The van der Waals surface area contributed by atoms with Crippen LogP contribution >= 0.6 is 11.8 Å². The van der Waals surface area contributed by atoms with E-state index >= 15 is 0 Å². The number of hydrogen-bond donors (Lipinski definition) is 2.